The molecule has 226 valence electrons. The number of rotatable bonds is 12. The fourth-order valence-electron chi connectivity index (χ4n) is 5.21. The van der Waals surface area contributed by atoms with Gasteiger partial charge in [0.25, 0.3) is 8.32 Å². The van der Waals surface area contributed by atoms with Gasteiger partial charge in [-0.2, -0.15) is 5.06 Å². The first-order valence-corrected chi connectivity index (χ1v) is 16.6. The minimum Gasteiger partial charge on any atom is -0.407 e. The number of benzene rings is 3. The SMILES string of the molecule is CCNc1nc2cc(Cl)c(C(=N)N)cc2nc1N(CC)OC(=O)CCO[Si](c1ccccc1)(c1ccccc1)C(C)(C)C. The highest BCUT2D eigenvalue weighted by Gasteiger charge is 2.50. The highest BCUT2D eigenvalue weighted by atomic mass is 35.5. The number of hydrogen-bond acceptors (Lipinski definition) is 8. The summed E-state index contributed by atoms with van der Waals surface area (Å²) in [6.07, 6.45) is 0.0443. The second-order valence-corrected chi connectivity index (χ2v) is 15.8. The van der Waals surface area contributed by atoms with E-state index >= 15 is 0 Å². The van der Waals surface area contributed by atoms with Gasteiger partial charge in [-0.15, -0.1) is 0 Å². The summed E-state index contributed by atoms with van der Waals surface area (Å²) in [5.74, 6) is 0.158. The molecule has 4 rings (SSSR count). The average molecular weight is 619 g/mol. The van der Waals surface area contributed by atoms with Crippen molar-refractivity contribution in [1.29, 1.82) is 5.41 Å². The Labute approximate surface area is 259 Å². The van der Waals surface area contributed by atoms with Crippen molar-refractivity contribution in [2.75, 3.05) is 30.1 Å². The molecule has 3 aromatic carbocycles. The van der Waals surface area contributed by atoms with Crippen molar-refractivity contribution in [2.45, 2.75) is 46.1 Å². The van der Waals surface area contributed by atoms with Gasteiger partial charge in [0.05, 0.1) is 29.0 Å². The molecule has 4 N–H and O–H groups in total. The van der Waals surface area contributed by atoms with Crippen molar-refractivity contribution in [2.24, 2.45) is 5.73 Å². The Bertz CT molecular complexity index is 1540. The quantitative estimate of drug-likeness (QED) is 0.0850. The van der Waals surface area contributed by atoms with Crippen LogP contribution in [0.5, 0.6) is 0 Å². The Hall–Kier alpha value is -3.99. The highest BCUT2D eigenvalue weighted by Crippen LogP contribution is 2.37. The lowest BCUT2D eigenvalue weighted by Gasteiger charge is -2.43. The van der Waals surface area contributed by atoms with Crippen LogP contribution in [0.1, 0.15) is 46.6 Å². The molecule has 0 spiro atoms. The summed E-state index contributed by atoms with van der Waals surface area (Å²) in [7, 11) is -2.79. The summed E-state index contributed by atoms with van der Waals surface area (Å²) >= 11 is 6.32. The van der Waals surface area contributed by atoms with Crippen LogP contribution in [0.3, 0.4) is 0 Å². The number of nitrogens with two attached hydrogens (primary N) is 1. The summed E-state index contributed by atoms with van der Waals surface area (Å²) in [5.41, 5.74) is 7.05. The van der Waals surface area contributed by atoms with Crippen molar-refractivity contribution >= 4 is 64.8 Å². The first kappa shape index (κ1) is 31.9. The fraction of sp³-hybridized carbons (Fsp3) is 0.312. The summed E-state index contributed by atoms with van der Waals surface area (Å²) in [5, 5.41) is 14.8. The maximum absolute atomic E-state index is 13.3. The molecule has 0 fully saturated rings. The third kappa shape index (κ3) is 6.82. The van der Waals surface area contributed by atoms with E-state index in [0.29, 0.717) is 46.3 Å². The van der Waals surface area contributed by atoms with E-state index < -0.39 is 14.3 Å². The first-order valence-electron chi connectivity index (χ1n) is 14.3. The van der Waals surface area contributed by atoms with E-state index in [1.807, 2.05) is 50.2 Å². The normalized spacial score (nSPS) is 11.8. The molecule has 43 heavy (non-hydrogen) atoms. The molecule has 0 saturated heterocycles. The number of nitrogens with zero attached hydrogens (tertiary/aromatic N) is 3. The van der Waals surface area contributed by atoms with E-state index in [4.69, 9.17) is 37.0 Å². The van der Waals surface area contributed by atoms with Gasteiger partial charge < -0.3 is 20.3 Å². The van der Waals surface area contributed by atoms with Crippen LogP contribution in [0.4, 0.5) is 11.6 Å². The van der Waals surface area contributed by atoms with E-state index in [1.54, 1.807) is 12.1 Å². The molecular weight excluding hydrogens is 580 g/mol. The van der Waals surface area contributed by atoms with Crippen LogP contribution in [-0.2, 0) is 14.1 Å². The molecule has 0 aliphatic heterocycles. The average Bonchev–Trinajstić information content (AvgIpc) is 2.98. The lowest BCUT2D eigenvalue weighted by atomic mass is 10.1. The maximum atomic E-state index is 13.3. The van der Waals surface area contributed by atoms with Crippen LogP contribution >= 0.6 is 11.6 Å². The lowest BCUT2D eigenvalue weighted by Crippen LogP contribution is -2.66. The number of nitrogen functional groups attached to an aromatic ring is 1. The largest absolute Gasteiger partial charge is 0.407 e. The monoisotopic (exact) mass is 618 g/mol. The third-order valence-corrected chi connectivity index (χ3v) is 12.5. The third-order valence-electron chi connectivity index (χ3n) is 7.15. The van der Waals surface area contributed by atoms with E-state index in [0.717, 1.165) is 10.4 Å². The van der Waals surface area contributed by atoms with Crippen LogP contribution in [0, 0.1) is 5.41 Å². The second kappa shape index (κ2) is 13.5. The molecule has 0 aliphatic carbocycles. The van der Waals surface area contributed by atoms with Gasteiger partial charge in [0.15, 0.2) is 5.82 Å². The molecule has 0 aliphatic rings. The molecule has 0 bridgehead atoms. The van der Waals surface area contributed by atoms with Crippen LogP contribution in [0.25, 0.3) is 11.0 Å². The Morgan fingerprint density at radius 2 is 1.58 bits per heavy atom. The van der Waals surface area contributed by atoms with Crippen molar-refractivity contribution in [3.8, 4) is 0 Å². The summed E-state index contributed by atoms with van der Waals surface area (Å²) in [4.78, 5) is 28.5. The number of amidine groups is 1. The minimum atomic E-state index is -2.79. The number of fused-ring (bicyclic) bond motifs is 1. The number of halogens is 1. The van der Waals surface area contributed by atoms with Gasteiger partial charge in [0, 0.05) is 18.7 Å². The molecule has 0 saturated carbocycles. The number of anilines is 2. The number of hydrogen-bond donors (Lipinski definition) is 3. The van der Waals surface area contributed by atoms with E-state index in [-0.39, 0.29) is 23.9 Å². The van der Waals surface area contributed by atoms with Crippen LogP contribution in [0.15, 0.2) is 72.8 Å². The molecule has 1 aromatic heterocycles. The fourth-order valence-corrected chi connectivity index (χ4v) is 10.0. The van der Waals surface area contributed by atoms with E-state index in [2.05, 4.69) is 55.3 Å². The number of carbonyl (C=O) groups excluding carboxylic acids is 1. The lowest BCUT2D eigenvalue weighted by molar-refractivity contribution is -0.145. The maximum Gasteiger partial charge on any atom is 0.334 e. The Kier molecular flexibility index (Phi) is 10.1. The second-order valence-electron chi connectivity index (χ2n) is 11.1. The van der Waals surface area contributed by atoms with Gasteiger partial charge in [0.2, 0.25) is 5.82 Å². The molecule has 0 amide bonds. The van der Waals surface area contributed by atoms with E-state index in [1.165, 1.54) is 5.06 Å². The Morgan fingerprint density at radius 1 is 1.00 bits per heavy atom. The smallest absolute Gasteiger partial charge is 0.334 e. The zero-order valence-electron chi connectivity index (χ0n) is 25.3. The van der Waals surface area contributed by atoms with Crippen molar-refractivity contribution < 1.29 is 14.1 Å². The first-order chi connectivity index (χ1) is 20.5. The molecule has 0 radical (unpaired) electrons. The van der Waals surface area contributed by atoms with Gasteiger partial charge in [-0.3, -0.25) is 5.41 Å². The zero-order chi connectivity index (χ0) is 31.2. The molecule has 0 atom stereocenters. The Balaban J connectivity index is 1.59. The number of carbonyl (C=O) groups is 1. The zero-order valence-corrected chi connectivity index (χ0v) is 27.0. The highest BCUT2D eigenvalue weighted by molar-refractivity contribution is 6.99. The summed E-state index contributed by atoms with van der Waals surface area (Å²) < 4.78 is 6.86. The molecule has 4 aromatic rings. The van der Waals surface area contributed by atoms with Crippen molar-refractivity contribution in [3.05, 3.63) is 83.4 Å². The van der Waals surface area contributed by atoms with Gasteiger partial charge in [-0.05, 0) is 41.4 Å². The number of hydroxylamine groups is 1. The van der Waals surface area contributed by atoms with Gasteiger partial charge in [-0.1, -0.05) is 93.0 Å². The van der Waals surface area contributed by atoms with Crippen LogP contribution in [0.2, 0.25) is 10.1 Å². The standard InChI is InChI=1S/C32H39ClN6O3Si/c1-6-36-30-31(38-26-20-24(29(34)35)25(33)21-27(26)37-30)39(7-2)42-28(40)18-19-41-43(32(3,4)5,22-14-10-8-11-15-22)23-16-12-9-13-17-23/h8-17,20-21H,6-7,18-19H2,1-5H3,(H3,34,35)(H,36,37). The molecule has 1 heterocycles. The summed E-state index contributed by atoms with van der Waals surface area (Å²) in [6.45, 7) is 11.5. The summed E-state index contributed by atoms with van der Waals surface area (Å²) in [6, 6.07) is 23.8. The molecule has 11 heteroatoms. The number of aromatic nitrogens is 2. The predicted molar refractivity (Wildman–Crippen MR) is 177 cm³/mol. The topological polar surface area (TPSA) is 126 Å². The van der Waals surface area contributed by atoms with Crippen LogP contribution < -0.4 is 26.5 Å². The minimum absolute atomic E-state index is 0.0443. The Morgan fingerprint density at radius 3 is 2.09 bits per heavy atom. The van der Waals surface area contributed by atoms with Crippen molar-refractivity contribution in [3.63, 3.8) is 0 Å². The van der Waals surface area contributed by atoms with Gasteiger partial charge >= 0.3 is 5.97 Å². The predicted octanol–water partition coefficient (Wildman–Crippen LogP) is 5.25. The number of nitrogens with one attached hydrogen (secondary N) is 2. The van der Waals surface area contributed by atoms with E-state index in [9.17, 15) is 4.79 Å². The molecular formula is C32H39ClN6O3Si. The van der Waals surface area contributed by atoms with Crippen LogP contribution in [-0.4, -0.2) is 49.8 Å². The van der Waals surface area contributed by atoms with Gasteiger partial charge in [-0.25, -0.2) is 14.8 Å². The molecule has 9 nitrogen and oxygen atoms in total. The van der Waals surface area contributed by atoms with Gasteiger partial charge in [0.1, 0.15) is 5.84 Å². The van der Waals surface area contributed by atoms with Crippen molar-refractivity contribution in [1.82, 2.24) is 9.97 Å². The molecule has 0 unspecified atom stereocenters.